The van der Waals surface area contributed by atoms with Crippen molar-refractivity contribution < 1.29 is 23.9 Å². The van der Waals surface area contributed by atoms with Crippen LogP contribution < -0.4 is 5.19 Å². The van der Waals surface area contributed by atoms with Gasteiger partial charge in [-0.2, -0.15) is 0 Å². The fourth-order valence-electron chi connectivity index (χ4n) is 7.84. The van der Waals surface area contributed by atoms with Crippen molar-refractivity contribution in [3.63, 3.8) is 0 Å². The molecule has 0 amide bonds. The van der Waals surface area contributed by atoms with Crippen LogP contribution in [-0.2, 0) is 23.9 Å². The normalized spacial score (nSPS) is 27.9. The molecule has 1 saturated carbocycles. The molecule has 3 aromatic carbocycles. The summed E-state index contributed by atoms with van der Waals surface area (Å²) in [5.74, 6) is -2.29. The maximum Gasteiger partial charge on any atom is 0.324 e. The molecule has 1 aliphatic heterocycles. The monoisotopic (exact) mass is 534 g/mol. The van der Waals surface area contributed by atoms with E-state index < -0.39 is 48.1 Å². The van der Waals surface area contributed by atoms with Gasteiger partial charge in [0.05, 0.1) is 22.3 Å². The number of carbonyl (C=O) groups excluding carboxylic acids is 3. The first-order valence-electron chi connectivity index (χ1n) is 13.1. The Morgan fingerprint density at radius 2 is 1.21 bits per heavy atom. The van der Waals surface area contributed by atoms with Crippen LogP contribution in [0.2, 0.25) is 18.6 Å². The molecule has 3 aromatic rings. The Balaban J connectivity index is 1.85. The number of Topliss-reactive ketones (excluding diaryl/α,β-unsaturated/α-hetero) is 1. The molecule has 1 fully saturated rings. The predicted octanol–water partition coefficient (Wildman–Crippen LogP) is 5.14. The van der Waals surface area contributed by atoms with E-state index in [-0.39, 0.29) is 0 Å². The van der Waals surface area contributed by atoms with Crippen LogP contribution in [0.4, 0.5) is 0 Å². The van der Waals surface area contributed by atoms with Gasteiger partial charge in [-0.15, -0.1) is 0 Å². The lowest BCUT2D eigenvalue weighted by atomic mass is 9.65. The van der Waals surface area contributed by atoms with Gasteiger partial charge < -0.3 is 9.47 Å². The third-order valence-corrected chi connectivity index (χ3v) is 13.3. The highest BCUT2D eigenvalue weighted by atomic mass is 28.3. The molecule has 2 bridgehead atoms. The van der Waals surface area contributed by atoms with Gasteiger partial charge in [-0.05, 0) is 33.4 Å². The Labute approximate surface area is 229 Å². The lowest BCUT2D eigenvalue weighted by Gasteiger charge is -2.46. The molecule has 6 heteroatoms. The molecule has 0 saturated heterocycles. The third kappa shape index (κ3) is 2.98. The molecule has 4 atom stereocenters. The summed E-state index contributed by atoms with van der Waals surface area (Å²) in [6.07, 6.45) is 4.00. The lowest BCUT2D eigenvalue weighted by Crippen LogP contribution is -2.56. The number of hydrogen-bond acceptors (Lipinski definition) is 5. The van der Waals surface area contributed by atoms with Crippen molar-refractivity contribution in [2.45, 2.75) is 18.6 Å². The summed E-state index contributed by atoms with van der Waals surface area (Å²) in [6.45, 7) is 4.40. The van der Waals surface area contributed by atoms with Crippen LogP contribution >= 0.6 is 0 Å². The van der Waals surface area contributed by atoms with Crippen LogP contribution in [0, 0.1) is 16.7 Å². The van der Waals surface area contributed by atoms with Gasteiger partial charge in [0, 0.05) is 5.92 Å². The average Bonchev–Trinajstić information content (AvgIpc) is 3.29. The van der Waals surface area contributed by atoms with E-state index in [0.29, 0.717) is 16.7 Å². The second-order valence-corrected chi connectivity index (χ2v) is 15.7. The SMILES string of the molecule is COC(=O)[C@@]12C(=O)[C@@](C(=O)OC)(C(c3ccccc3)=C1c1ccccc1)C1C2C=Cc2ccccc2[Si]1(C)C. The fraction of sp³-hybridized carbons (Fsp3) is 0.242. The van der Waals surface area contributed by atoms with Gasteiger partial charge in [-0.1, -0.05) is 115 Å². The maximum atomic E-state index is 15.2. The van der Waals surface area contributed by atoms with Gasteiger partial charge in [0.2, 0.25) is 0 Å². The number of benzene rings is 3. The van der Waals surface area contributed by atoms with E-state index in [1.54, 1.807) is 0 Å². The maximum absolute atomic E-state index is 15.2. The number of hydrogen-bond donors (Lipinski definition) is 0. The number of carbonyl (C=O) groups is 3. The van der Waals surface area contributed by atoms with Crippen molar-refractivity contribution >= 4 is 48.2 Å². The first kappa shape index (κ1) is 25.3. The second-order valence-electron chi connectivity index (χ2n) is 11.1. The summed E-state index contributed by atoms with van der Waals surface area (Å²) in [5, 5.41) is 1.14. The van der Waals surface area contributed by atoms with Crippen LogP contribution in [0.3, 0.4) is 0 Å². The predicted molar refractivity (Wildman–Crippen MR) is 153 cm³/mol. The fourth-order valence-corrected chi connectivity index (χ4v) is 12.4. The quantitative estimate of drug-likeness (QED) is 0.263. The highest BCUT2D eigenvalue weighted by molar-refractivity contribution is 6.92. The molecule has 0 radical (unpaired) electrons. The minimum atomic E-state index is -2.68. The largest absolute Gasteiger partial charge is 0.468 e. The van der Waals surface area contributed by atoms with Gasteiger partial charge in [0.15, 0.2) is 16.6 Å². The first-order chi connectivity index (χ1) is 18.8. The smallest absolute Gasteiger partial charge is 0.324 e. The molecule has 39 heavy (non-hydrogen) atoms. The lowest BCUT2D eigenvalue weighted by molar-refractivity contribution is -0.157. The molecular formula is C33H30O5Si. The Hall–Kier alpha value is -4.03. The number of ketones is 1. The number of esters is 2. The number of rotatable bonds is 4. The Morgan fingerprint density at radius 3 is 1.77 bits per heavy atom. The topological polar surface area (TPSA) is 69.7 Å². The summed E-state index contributed by atoms with van der Waals surface area (Å²) < 4.78 is 11.0. The van der Waals surface area contributed by atoms with E-state index in [1.165, 1.54) is 14.2 Å². The number of allylic oxidation sites excluding steroid dienone is 1. The highest BCUT2D eigenvalue weighted by Crippen LogP contribution is 2.77. The van der Waals surface area contributed by atoms with Crippen LogP contribution in [0.25, 0.3) is 17.2 Å². The van der Waals surface area contributed by atoms with E-state index in [4.69, 9.17) is 9.47 Å². The van der Waals surface area contributed by atoms with E-state index in [9.17, 15) is 9.59 Å². The Bertz CT molecular complexity index is 1570. The molecule has 6 rings (SSSR count). The summed E-state index contributed by atoms with van der Waals surface area (Å²) in [7, 11) is -0.0284. The molecule has 0 spiro atoms. The summed E-state index contributed by atoms with van der Waals surface area (Å²) >= 11 is 0. The van der Waals surface area contributed by atoms with Gasteiger partial charge in [0.1, 0.15) is 0 Å². The minimum Gasteiger partial charge on any atom is -0.468 e. The van der Waals surface area contributed by atoms with Crippen molar-refractivity contribution in [3.05, 3.63) is 108 Å². The van der Waals surface area contributed by atoms with E-state index in [0.717, 1.165) is 16.3 Å². The standard InChI is InChI=1S/C33H30O5Si/c1-37-30(35)32-24-20-19-21-13-11-12-18-25(21)39(3,4)28(24)33(29(32)34,31(36)38-2)27(23-16-9-6-10-17-23)26(32)22-14-7-5-8-15-22/h5-20,24,28H,1-4H3/t24?,28?,32-,33-/m1/s1. The number of methoxy groups -OCH3 is 2. The van der Waals surface area contributed by atoms with Crippen LogP contribution in [0.15, 0.2) is 91.0 Å². The molecule has 0 N–H and O–H groups in total. The van der Waals surface area contributed by atoms with Crippen LogP contribution in [0.5, 0.6) is 0 Å². The zero-order valence-electron chi connectivity index (χ0n) is 22.4. The van der Waals surface area contributed by atoms with Crippen molar-refractivity contribution in [3.8, 4) is 0 Å². The van der Waals surface area contributed by atoms with E-state index in [1.807, 2.05) is 84.9 Å². The highest BCUT2D eigenvalue weighted by Gasteiger charge is 2.83. The van der Waals surface area contributed by atoms with Crippen LogP contribution in [-0.4, -0.2) is 40.0 Å². The van der Waals surface area contributed by atoms with Gasteiger partial charge in [-0.25, -0.2) is 0 Å². The number of fused-ring (bicyclic) bond motifs is 6. The molecule has 2 unspecified atom stereocenters. The second kappa shape index (κ2) is 8.75. The molecule has 2 aliphatic carbocycles. The average molecular weight is 535 g/mol. The van der Waals surface area contributed by atoms with Crippen molar-refractivity contribution in [2.24, 2.45) is 16.7 Å². The zero-order valence-corrected chi connectivity index (χ0v) is 23.4. The van der Waals surface area contributed by atoms with Crippen molar-refractivity contribution in [1.82, 2.24) is 0 Å². The third-order valence-electron chi connectivity index (χ3n) is 9.14. The van der Waals surface area contributed by atoms with Gasteiger partial charge >= 0.3 is 11.9 Å². The summed E-state index contributed by atoms with van der Waals surface area (Å²) in [6, 6.07) is 27.1. The molecule has 5 nitrogen and oxygen atoms in total. The van der Waals surface area contributed by atoms with Crippen molar-refractivity contribution in [1.29, 1.82) is 0 Å². The molecule has 1 heterocycles. The molecule has 3 aliphatic rings. The van der Waals surface area contributed by atoms with Gasteiger partial charge in [-0.3, -0.25) is 14.4 Å². The molecule has 0 aromatic heterocycles. The minimum absolute atomic E-state index is 0.439. The van der Waals surface area contributed by atoms with Crippen LogP contribution in [0.1, 0.15) is 16.7 Å². The van der Waals surface area contributed by atoms with Crippen molar-refractivity contribution in [2.75, 3.05) is 14.2 Å². The summed E-state index contributed by atoms with van der Waals surface area (Å²) in [4.78, 5) is 43.8. The molecular weight excluding hydrogens is 504 g/mol. The Morgan fingerprint density at radius 1 is 0.718 bits per heavy atom. The summed E-state index contributed by atoms with van der Waals surface area (Å²) in [5.41, 5.74) is -0.269. The Kier molecular flexibility index (Phi) is 5.66. The van der Waals surface area contributed by atoms with Gasteiger partial charge in [0.25, 0.3) is 0 Å². The zero-order chi connectivity index (χ0) is 27.6. The van der Waals surface area contributed by atoms with E-state index >= 15 is 4.79 Å². The van der Waals surface area contributed by atoms with E-state index in [2.05, 4.69) is 25.2 Å². The first-order valence-corrected chi connectivity index (χ1v) is 16.2. The number of ether oxygens (including phenoxy) is 2. The molecule has 196 valence electrons.